The van der Waals surface area contributed by atoms with Gasteiger partial charge < -0.3 is 4.74 Å². The van der Waals surface area contributed by atoms with Crippen molar-refractivity contribution in [1.82, 2.24) is 0 Å². The van der Waals surface area contributed by atoms with Crippen molar-refractivity contribution in [1.29, 1.82) is 0 Å². The van der Waals surface area contributed by atoms with Gasteiger partial charge in [-0.3, -0.25) is 9.59 Å². The maximum atomic E-state index is 11.9. The molecular weight excluding hydrogens is 216 g/mol. The quantitative estimate of drug-likeness (QED) is 0.710. The van der Waals surface area contributed by atoms with E-state index in [9.17, 15) is 9.59 Å². The van der Waals surface area contributed by atoms with E-state index >= 15 is 0 Å². The van der Waals surface area contributed by atoms with Crippen LogP contribution in [0.5, 0.6) is 0 Å². The normalized spacial score (nSPS) is 33.0. The number of carbonyl (C=O) groups is 2. The topological polar surface area (TPSA) is 43.4 Å². The largest absolute Gasteiger partial charge is 0.466 e. The van der Waals surface area contributed by atoms with Crippen LogP contribution in [0.25, 0.3) is 0 Å². The monoisotopic (exact) mass is 238 g/mol. The molecule has 0 bridgehead atoms. The Balaban J connectivity index is 1.97. The summed E-state index contributed by atoms with van der Waals surface area (Å²) in [5.41, 5.74) is 0. The summed E-state index contributed by atoms with van der Waals surface area (Å²) < 4.78 is 5.03. The molecule has 0 amide bonds. The number of fused-ring (bicyclic) bond motifs is 1. The van der Waals surface area contributed by atoms with Crippen molar-refractivity contribution in [3.63, 3.8) is 0 Å². The SMILES string of the molecule is CCOC(=O)C[C@H]1CCC[C@H]2C(=O)CCC[C@H]12. The van der Waals surface area contributed by atoms with E-state index in [1.165, 1.54) is 0 Å². The average Bonchev–Trinajstić information content (AvgIpc) is 2.31. The number of carbonyl (C=O) groups excluding carboxylic acids is 2. The van der Waals surface area contributed by atoms with Crippen molar-refractivity contribution in [2.24, 2.45) is 17.8 Å². The van der Waals surface area contributed by atoms with Crippen LogP contribution in [0.1, 0.15) is 51.9 Å². The van der Waals surface area contributed by atoms with Gasteiger partial charge in [0.2, 0.25) is 0 Å². The number of ketones is 1. The predicted molar refractivity (Wildman–Crippen MR) is 64.4 cm³/mol. The fourth-order valence-corrected chi connectivity index (χ4v) is 3.58. The van der Waals surface area contributed by atoms with Crippen LogP contribution < -0.4 is 0 Å². The van der Waals surface area contributed by atoms with Gasteiger partial charge in [0.15, 0.2) is 0 Å². The van der Waals surface area contributed by atoms with Crippen molar-refractivity contribution in [2.75, 3.05) is 6.61 Å². The smallest absolute Gasteiger partial charge is 0.306 e. The lowest BCUT2D eigenvalue weighted by molar-refractivity contribution is -0.146. The van der Waals surface area contributed by atoms with E-state index in [4.69, 9.17) is 4.74 Å². The van der Waals surface area contributed by atoms with Gasteiger partial charge >= 0.3 is 5.97 Å². The van der Waals surface area contributed by atoms with Crippen molar-refractivity contribution >= 4 is 11.8 Å². The lowest BCUT2D eigenvalue weighted by Gasteiger charge is -2.40. The van der Waals surface area contributed by atoms with Crippen LogP contribution in [-0.4, -0.2) is 18.4 Å². The first-order valence-electron chi connectivity index (χ1n) is 6.90. The minimum absolute atomic E-state index is 0.0869. The van der Waals surface area contributed by atoms with E-state index in [1.54, 1.807) is 0 Å². The molecule has 0 aliphatic heterocycles. The first-order chi connectivity index (χ1) is 8.22. The maximum Gasteiger partial charge on any atom is 0.306 e. The summed E-state index contributed by atoms with van der Waals surface area (Å²) in [5.74, 6) is 1.44. The lowest BCUT2D eigenvalue weighted by Crippen LogP contribution is -2.37. The molecule has 2 saturated carbocycles. The molecule has 0 aromatic carbocycles. The molecule has 0 unspecified atom stereocenters. The number of Topliss-reactive ketones (excluding diaryl/α,β-unsaturated/α-hetero) is 1. The molecule has 0 saturated heterocycles. The van der Waals surface area contributed by atoms with Crippen LogP contribution in [0.2, 0.25) is 0 Å². The molecule has 0 spiro atoms. The van der Waals surface area contributed by atoms with E-state index in [0.29, 0.717) is 30.6 Å². The fraction of sp³-hybridized carbons (Fsp3) is 0.857. The van der Waals surface area contributed by atoms with Crippen molar-refractivity contribution in [3.8, 4) is 0 Å². The molecule has 96 valence electrons. The van der Waals surface area contributed by atoms with Crippen molar-refractivity contribution in [2.45, 2.75) is 51.9 Å². The van der Waals surface area contributed by atoms with Crippen LogP contribution >= 0.6 is 0 Å². The Kier molecular flexibility index (Phi) is 4.19. The van der Waals surface area contributed by atoms with Crippen LogP contribution in [0.3, 0.4) is 0 Å². The molecule has 0 aromatic heterocycles. The third-order valence-corrected chi connectivity index (χ3v) is 4.32. The Morgan fingerprint density at radius 3 is 2.88 bits per heavy atom. The summed E-state index contributed by atoms with van der Waals surface area (Å²) >= 11 is 0. The summed E-state index contributed by atoms with van der Waals surface area (Å²) in [4.78, 5) is 23.4. The van der Waals surface area contributed by atoms with E-state index in [2.05, 4.69) is 0 Å². The molecule has 3 atom stereocenters. The number of hydrogen-bond acceptors (Lipinski definition) is 3. The van der Waals surface area contributed by atoms with Gasteiger partial charge in [0.1, 0.15) is 5.78 Å². The van der Waals surface area contributed by atoms with Gasteiger partial charge in [0, 0.05) is 18.8 Å². The van der Waals surface area contributed by atoms with Gasteiger partial charge in [-0.2, -0.15) is 0 Å². The Labute approximate surface area is 103 Å². The van der Waals surface area contributed by atoms with E-state index in [1.807, 2.05) is 6.92 Å². The zero-order valence-electron chi connectivity index (χ0n) is 10.6. The van der Waals surface area contributed by atoms with E-state index in [0.717, 1.165) is 38.5 Å². The highest BCUT2D eigenvalue weighted by atomic mass is 16.5. The summed E-state index contributed by atoms with van der Waals surface area (Å²) in [7, 11) is 0. The minimum atomic E-state index is -0.0869. The molecule has 3 heteroatoms. The van der Waals surface area contributed by atoms with Crippen molar-refractivity contribution < 1.29 is 14.3 Å². The van der Waals surface area contributed by atoms with Gasteiger partial charge in [-0.15, -0.1) is 0 Å². The fourth-order valence-electron chi connectivity index (χ4n) is 3.58. The highest BCUT2D eigenvalue weighted by molar-refractivity contribution is 5.82. The van der Waals surface area contributed by atoms with E-state index < -0.39 is 0 Å². The van der Waals surface area contributed by atoms with Crippen LogP contribution in [0.15, 0.2) is 0 Å². The van der Waals surface area contributed by atoms with Crippen LogP contribution in [-0.2, 0) is 14.3 Å². The van der Waals surface area contributed by atoms with Gasteiger partial charge in [-0.05, 0) is 44.4 Å². The molecule has 17 heavy (non-hydrogen) atoms. The summed E-state index contributed by atoms with van der Waals surface area (Å²) in [6.45, 7) is 2.30. The van der Waals surface area contributed by atoms with Crippen molar-refractivity contribution in [3.05, 3.63) is 0 Å². The first kappa shape index (κ1) is 12.6. The summed E-state index contributed by atoms with van der Waals surface area (Å²) in [5, 5.41) is 0. The van der Waals surface area contributed by atoms with Gasteiger partial charge in [0.05, 0.1) is 6.61 Å². The highest BCUT2D eigenvalue weighted by Gasteiger charge is 2.39. The average molecular weight is 238 g/mol. The molecule has 0 heterocycles. The highest BCUT2D eigenvalue weighted by Crippen LogP contribution is 2.43. The lowest BCUT2D eigenvalue weighted by atomic mass is 9.64. The number of ether oxygens (including phenoxy) is 1. The molecule has 0 N–H and O–H groups in total. The van der Waals surface area contributed by atoms with Gasteiger partial charge in [-0.1, -0.05) is 6.42 Å². The standard InChI is InChI=1S/C14H22O3/c1-2-17-14(16)9-10-5-3-7-12-11(10)6-4-8-13(12)15/h10-12H,2-9H2,1H3/t10-,11-,12-/m1/s1. The minimum Gasteiger partial charge on any atom is -0.466 e. The molecule has 2 aliphatic carbocycles. The second-order valence-electron chi connectivity index (χ2n) is 5.33. The number of esters is 1. The molecule has 0 radical (unpaired) electrons. The first-order valence-corrected chi connectivity index (χ1v) is 6.90. The molecular formula is C14H22O3. The second kappa shape index (κ2) is 5.65. The Morgan fingerprint density at radius 1 is 1.29 bits per heavy atom. The Hall–Kier alpha value is -0.860. The third-order valence-electron chi connectivity index (χ3n) is 4.32. The molecule has 2 aliphatic rings. The maximum absolute atomic E-state index is 11.9. The summed E-state index contributed by atoms with van der Waals surface area (Å²) in [6, 6.07) is 0. The molecule has 0 aromatic rings. The number of rotatable bonds is 3. The second-order valence-corrected chi connectivity index (χ2v) is 5.33. The Morgan fingerprint density at radius 2 is 2.12 bits per heavy atom. The Bertz CT molecular complexity index is 298. The van der Waals surface area contributed by atoms with Gasteiger partial charge in [-0.25, -0.2) is 0 Å². The third kappa shape index (κ3) is 2.88. The van der Waals surface area contributed by atoms with Gasteiger partial charge in [0.25, 0.3) is 0 Å². The van der Waals surface area contributed by atoms with Crippen LogP contribution in [0, 0.1) is 17.8 Å². The number of hydrogen-bond donors (Lipinski definition) is 0. The predicted octanol–water partition coefficient (Wildman–Crippen LogP) is 2.73. The molecule has 2 fully saturated rings. The zero-order chi connectivity index (χ0) is 12.3. The molecule has 2 rings (SSSR count). The summed E-state index contributed by atoms with van der Waals surface area (Å²) in [6.07, 6.45) is 6.64. The molecule has 3 nitrogen and oxygen atoms in total. The van der Waals surface area contributed by atoms with E-state index in [-0.39, 0.29) is 11.9 Å². The zero-order valence-corrected chi connectivity index (χ0v) is 10.6. The van der Waals surface area contributed by atoms with Crippen LogP contribution in [0.4, 0.5) is 0 Å².